The highest BCUT2D eigenvalue weighted by Gasteiger charge is 2.41. The zero-order valence-corrected chi connectivity index (χ0v) is 7.03. The number of fused-ring (bicyclic) bond motifs is 2. The van der Waals surface area contributed by atoms with Crippen LogP contribution in [0.25, 0.3) is 0 Å². The molecule has 0 aliphatic carbocycles. The van der Waals surface area contributed by atoms with Crippen molar-refractivity contribution in [2.24, 2.45) is 5.92 Å². The van der Waals surface area contributed by atoms with Crippen LogP contribution in [0.3, 0.4) is 0 Å². The Morgan fingerprint density at radius 2 is 2.50 bits per heavy atom. The summed E-state index contributed by atoms with van der Waals surface area (Å²) in [6.45, 7) is 2.28. The molecule has 2 aliphatic rings. The minimum absolute atomic E-state index is 0.0194. The van der Waals surface area contributed by atoms with Crippen molar-refractivity contribution in [2.75, 3.05) is 6.61 Å². The topological polar surface area (TPSA) is 35.5 Å². The molecule has 2 bridgehead atoms. The van der Waals surface area contributed by atoms with Gasteiger partial charge in [0.05, 0.1) is 24.7 Å². The molecule has 0 aromatic rings. The van der Waals surface area contributed by atoms with E-state index in [4.69, 9.17) is 9.47 Å². The Bertz CT molecular complexity index is 222. The Balaban J connectivity index is 1.98. The van der Waals surface area contributed by atoms with Crippen LogP contribution in [-0.2, 0) is 14.3 Å². The third-order valence-corrected chi connectivity index (χ3v) is 2.32. The molecule has 0 aromatic carbocycles. The van der Waals surface area contributed by atoms with Crippen molar-refractivity contribution in [3.05, 3.63) is 12.2 Å². The Labute approximate surface area is 71.3 Å². The Morgan fingerprint density at radius 3 is 3.00 bits per heavy atom. The fraction of sp³-hybridized carbons (Fsp3) is 0.667. The Kier molecular flexibility index (Phi) is 1.89. The highest BCUT2D eigenvalue weighted by molar-refractivity contribution is 5.74. The van der Waals surface area contributed by atoms with Crippen LogP contribution in [0.15, 0.2) is 12.2 Å². The van der Waals surface area contributed by atoms with E-state index in [0.717, 1.165) is 6.42 Å². The molecule has 1 fully saturated rings. The van der Waals surface area contributed by atoms with Gasteiger partial charge in [-0.15, -0.1) is 0 Å². The molecule has 0 saturated carbocycles. The molecule has 3 nitrogen and oxygen atoms in total. The van der Waals surface area contributed by atoms with Crippen LogP contribution < -0.4 is 0 Å². The third kappa shape index (κ3) is 1.14. The van der Waals surface area contributed by atoms with Gasteiger partial charge in [-0.2, -0.15) is 0 Å². The highest BCUT2D eigenvalue weighted by atomic mass is 16.5. The van der Waals surface area contributed by atoms with Crippen LogP contribution in [0.5, 0.6) is 0 Å². The second kappa shape index (κ2) is 2.90. The number of carbonyl (C=O) groups is 1. The standard InChI is InChI=1S/C9H12O3/c1-2-11-9(10)7-5-6-3-4-8(7)12-6/h3-4,6-8H,2,5H2,1H3/t6-,7?,8+/m0/s1. The first-order valence-corrected chi connectivity index (χ1v) is 4.31. The van der Waals surface area contributed by atoms with Crippen molar-refractivity contribution in [2.45, 2.75) is 25.6 Å². The van der Waals surface area contributed by atoms with Gasteiger partial charge in [-0.25, -0.2) is 0 Å². The van der Waals surface area contributed by atoms with E-state index in [2.05, 4.69) is 0 Å². The van der Waals surface area contributed by atoms with Crippen molar-refractivity contribution in [1.82, 2.24) is 0 Å². The van der Waals surface area contributed by atoms with Crippen LogP contribution in [0.1, 0.15) is 13.3 Å². The third-order valence-electron chi connectivity index (χ3n) is 2.32. The maximum Gasteiger partial charge on any atom is 0.312 e. The summed E-state index contributed by atoms with van der Waals surface area (Å²) in [5, 5.41) is 0. The summed E-state index contributed by atoms with van der Waals surface area (Å²) in [5.74, 6) is -0.172. The maximum absolute atomic E-state index is 11.3. The molecule has 2 rings (SSSR count). The summed E-state index contributed by atoms with van der Waals surface area (Å²) in [4.78, 5) is 11.3. The number of esters is 1. The first-order valence-electron chi connectivity index (χ1n) is 4.31. The fourth-order valence-corrected chi connectivity index (χ4v) is 1.75. The number of hydrogen-bond donors (Lipinski definition) is 0. The van der Waals surface area contributed by atoms with Crippen LogP contribution >= 0.6 is 0 Å². The molecule has 2 aliphatic heterocycles. The molecule has 0 amide bonds. The van der Waals surface area contributed by atoms with E-state index < -0.39 is 0 Å². The molecule has 0 spiro atoms. The van der Waals surface area contributed by atoms with Gasteiger partial charge in [0.2, 0.25) is 0 Å². The second-order valence-corrected chi connectivity index (χ2v) is 3.12. The normalized spacial score (nSPS) is 37.2. The first kappa shape index (κ1) is 7.80. The number of rotatable bonds is 2. The quantitative estimate of drug-likeness (QED) is 0.454. The van der Waals surface area contributed by atoms with Crippen molar-refractivity contribution in [3.8, 4) is 0 Å². The van der Waals surface area contributed by atoms with E-state index in [1.165, 1.54) is 0 Å². The van der Waals surface area contributed by atoms with E-state index >= 15 is 0 Å². The largest absolute Gasteiger partial charge is 0.466 e. The van der Waals surface area contributed by atoms with E-state index in [9.17, 15) is 4.79 Å². The second-order valence-electron chi connectivity index (χ2n) is 3.12. The van der Waals surface area contributed by atoms with E-state index in [1.54, 1.807) is 0 Å². The smallest absolute Gasteiger partial charge is 0.312 e. The van der Waals surface area contributed by atoms with Crippen LogP contribution in [0.2, 0.25) is 0 Å². The minimum Gasteiger partial charge on any atom is -0.466 e. The van der Waals surface area contributed by atoms with Crippen molar-refractivity contribution >= 4 is 5.97 Å². The van der Waals surface area contributed by atoms with Gasteiger partial charge >= 0.3 is 5.97 Å². The first-order chi connectivity index (χ1) is 5.81. The molecule has 3 atom stereocenters. The van der Waals surface area contributed by atoms with Gasteiger partial charge in [0.15, 0.2) is 0 Å². The average Bonchev–Trinajstić information content (AvgIpc) is 2.64. The molecular formula is C9H12O3. The fourth-order valence-electron chi connectivity index (χ4n) is 1.75. The number of hydrogen-bond acceptors (Lipinski definition) is 3. The average molecular weight is 168 g/mol. The maximum atomic E-state index is 11.3. The Morgan fingerprint density at radius 1 is 1.67 bits per heavy atom. The molecular weight excluding hydrogens is 156 g/mol. The summed E-state index contributed by atoms with van der Waals surface area (Å²) in [7, 11) is 0. The zero-order valence-electron chi connectivity index (χ0n) is 7.03. The summed E-state index contributed by atoms with van der Waals surface area (Å²) in [6.07, 6.45) is 4.90. The summed E-state index contributed by atoms with van der Waals surface area (Å²) < 4.78 is 10.4. The van der Waals surface area contributed by atoms with Crippen molar-refractivity contribution in [3.63, 3.8) is 0 Å². The van der Waals surface area contributed by atoms with Crippen molar-refractivity contribution < 1.29 is 14.3 Å². The zero-order chi connectivity index (χ0) is 8.55. The molecule has 0 aromatic heterocycles. The van der Waals surface area contributed by atoms with Gasteiger partial charge in [0.25, 0.3) is 0 Å². The van der Waals surface area contributed by atoms with Gasteiger partial charge < -0.3 is 9.47 Å². The lowest BCUT2D eigenvalue weighted by Crippen LogP contribution is -2.25. The van der Waals surface area contributed by atoms with Gasteiger partial charge in [-0.3, -0.25) is 4.79 Å². The number of carbonyl (C=O) groups excluding carboxylic acids is 1. The highest BCUT2D eigenvalue weighted by Crippen LogP contribution is 2.34. The molecule has 66 valence electrons. The van der Waals surface area contributed by atoms with Crippen LogP contribution in [0, 0.1) is 5.92 Å². The summed E-state index contributed by atoms with van der Waals surface area (Å²) in [6, 6.07) is 0. The van der Waals surface area contributed by atoms with E-state index in [1.807, 2.05) is 19.1 Å². The predicted molar refractivity (Wildman–Crippen MR) is 42.5 cm³/mol. The van der Waals surface area contributed by atoms with Crippen LogP contribution in [-0.4, -0.2) is 24.8 Å². The molecule has 2 heterocycles. The SMILES string of the molecule is CCOC(=O)C1C[C@@H]2C=C[C@H]1O2. The van der Waals surface area contributed by atoms with Gasteiger partial charge in [-0.1, -0.05) is 12.2 Å². The van der Waals surface area contributed by atoms with Gasteiger partial charge in [0, 0.05) is 0 Å². The van der Waals surface area contributed by atoms with Crippen molar-refractivity contribution in [1.29, 1.82) is 0 Å². The van der Waals surface area contributed by atoms with Gasteiger partial charge in [0.1, 0.15) is 0 Å². The van der Waals surface area contributed by atoms with Gasteiger partial charge in [-0.05, 0) is 13.3 Å². The lowest BCUT2D eigenvalue weighted by molar-refractivity contribution is -0.148. The summed E-state index contributed by atoms with van der Waals surface area (Å²) >= 11 is 0. The number of ether oxygens (including phenoxy) is 2. The monoisotopic (exact) mass is 168 g/mol. The van der Waals surface area contributed by atoms with E-state index in [-0.39, 0.29) is 24.1 Å². The lowest BCUT2D eigenvalue weighted by atomic mass is 9.95. The molecule has 1 saturated heterocycles. The molecule has 12 heavy (non-hydrogen) atoms. The minimum atomic E-state index is -0.116. The molecule has 0 radical (unpaired) electrons. The predicted octanol–water partition coefficient (Wildman–Crippen LogP) is 0.893. The molecule has 3 heteroatoms. The van der Waals surface area contributed by atoms with E-state index in [0.29, 0.717) is 6.61 Å². The summed E-state index contributed by atoms with van der Waals surface area (Å²) in [5.41, 5.74) is 0. The molecule has 0 N–H and O–H groups in total. The lowest BCUT2D eigenvalue weighted by Gasteiger charge is -2.12. The Hall–Kier alpha value is -0.830. The molecule has 1 unspecified atom stereocenters. The van der Waals surface area contributed by atoms with Crippen LogP contribution in [0.4, 0.5) is 0 Å².